The predicted octanol–water partition coefficient (Wildman–Crippen LogP) is 6.73. The van der Waals surface area contributed by atoms with Gasteiger partial charge in [-0.15, -0.1) is 0 Å². The summed E-state index contributed by atoms with van der Waals surface area (Å²) in [6, 6.07) is 28.4. The van der Waals surface area contributed by atoms with Crippen LogP contribution in [0, 0.1) is 6.92 Å². The maximum absolute atomic E-state index is 13.4. The average molecular weight is 453 g/mol. The lowest BCUT2D eigenvalue weighted by Gasteiger charge is -2.31. The number of rotatable bonds is 3. The lowest BCUT2D eigenvalue weighted by molar-refractivity contribution is 0.0983. The zero-order valence-electron chi connectivity index (χ0n) is 18.0. The van der Waals surface area contributed by atoms with Gasteiger partial charge in [0, 0.05) is 16.8 Å². The van der Waals surface area contributed by atoms with Gasteiger partial charge in [-0.05, 0) is 66.1 Å². The Morgan fingerprint density at radius 3 is 2.30 bits per heavy atom. The monoisotopic (exact) mass is 452 g/mol. The third-order valence-electron chi connectivity index (χ3n) is 5.83. The number of carbonyl (C=O) groups excluding carboxylic acids is 2. The van der Waals surface area contributed by atoms with Crippen LogP contribution >= 0.6 is 11.6 Å². The average Bonchev–Trinajstić information content (AvgIpc) is 2.83. The van der Waals surface area contributed by atoms with Crippen molar-refractivity contribution >= 4 is 34.8 Å². The third-order valence-corrected chi connectivity index (χ3v) is 6.15. The van der Waals surface area contributed by atoms with Gasteiger partial charge in [-0.3, -0.25) is 9.59 Å². The zero-order valence-corrected chi connectivity index (χ0v) is 18.8. The Bertz CT molecular complexity index is 1380. The van der Waals surface area contributed by atoms with Crippen molar-refractivity contribution in [3.63, 3.8) is 0 Å². The van der Waals surface area contributed by atoms with Crippen molar-refractivity contribution in [3.05, 3.63) is 118 Å². The van der Waals surface area contributed by atoms with E-state index < -0.39 is 0 Å². The van der Waals surface area contributed by atoms with Gasteiger partial charge in [0.15, 0.2) is 0 Å². The Labute approximate surface area is 197 Å². The molecule has 0 saturated heterocycles. The molecule has 2 amide bonds. The molecule has 0 bridgehead atoms. The zero-order chi connectivity index (χ0) is 22.9. The van der Waals surface area contributed by atoms with Crippen molar-refractivity contribution in [1.82, 2.24) is 0 Å². The maximum Gasteiger partial charge on any atom is 0.258 e. The number of hydrogen-bond donors (Lipinski definition) is 1. The van der Waals surface area contributed by atoms with Crippen molar-refractivity contribution in [1.29, 1.82) is 0 Å². The molecular formula is C28H21ClN2O2. The first-order valence-corrected chi connectivity index (χ1v) is 11.1. The number of para-hydroxylation sites is 1. The molecule has 0 saturated carbocycles. The molecule has 0 unspecified atom stereocenters. The van der Waals surface area contributed by atoms with Crippen LogP contribution in [0.2, 0.25) is 5.02 Å². The van der Waals surface area contributed by atoms with Crippen LogP contribution in [-0.4, -0.2) is 11.8 Å². The second kappa shape index (κ2) is 8.57. The molecule has 1 heterocycles. The fourth-order valence-electron chi connectivity index (χ4n) is 4.15. The van der Waals surface area contributed by atoms with Crippen LogP contribution in [-0.2, 0) is 6.54 Å². The summed E-state index contributed by atoms with van der Waals surface area (Å²) in [6.07, 6.45) is 0. The van der Waals surface area contributed by atoms with Crippen LogP contribution in [0.1, 0.15) is 31.8 Å². The lowest BCUT2D eigenvalue weighted by atomic mass is 9.93. The van der Waals surface area contributed by atoms with Crippen molar-refractivity contribution in [2.45, 2.75) is 13.5 Å². The van der Waals surface area contributed by atoms with Gasteiger partial charge in [0.2, 0.25) is 0 Å². The maximum atomic E-state index is 13.4. The first-order valence-electron chi connectivity index (χ1n) is 10.7. The van der Waals surface area contributed by atoms with Crippen LogP contribution in [0.4, 0.5) is 11.4 Å². The van der Waals surface area contributed by atoms with Gasteiger partial charge < -0.3 is 10.2 Å². The number of fused-ring (bicyclic) bond motifs is 3. The number of carbonyl (C=O) groups is 2. The van der Waals surface area contributed by atoms with Gasteiger partial charge in [-0.1, -0.05) is 60.1 Å². The molecule has 5 heteroatoms. The first-order chi connectivity index (χ1) is 16.0. The summed E-state index contributed by atoms with van der Waals surface area (Å²) in [5.41, 5.74) is 6.76. The van der Waals surface area contributed by atoms with E-state index in [-0.39, 0.29) is 11.8 Å². The highest BCUT2D eigenvalue weighted by molar-refractivity contribution is 6.34. The van der Waals surface area contributed by atoms with Gasteiger partial charge in [-0.25, -0.2) is 0 Å². The van der Waals surface area contributed by atoms with Crippen molar-refractivity contribution in [2.24, 2.45) is 0 Å². The minimum absolute atomic E-state index is 0.0867. The Morgan fingerprint density at radius 2 is 1.55 bits per heavy atom. The summed E-state index contributed by atoms with van der Waals surface area (Å²) in [6.45, 7) is 2.43. The minimum Gasteiger partial charge on any atom is -0.322 e. The summed E-state index contributed by atoms with van der Waals surface area (Å²) in [7, 11) is 0. The summed E-state index contributed by atoms with van der Waals surface area (Å²) in [5, 5.41) is 3.25. The Balaban J connectivity index is 1.38. The van der Waals surface area contributed by atoms with Gasteiger partial charge in [0.05, 0.1) is 22.8 Å². The number of nitrogens with zero attached hydrogens (tertiary/aromatic N) is 1. The molecule has 4 nitrogen and oxygen atoms in total. The Hall–Kier alpha value is -3.89. The number of hydrogen-bond acceptors (Lipinski definition) is 2. The topological polar surface area (TPSA) is 49.4 Å². The number of benzene rings is 4. The van der Waals surface area contributed by atoms with Crippen molar-refractivity contribution < 1.29 is 9.59 Å². The number of amides is 2. The Morgan fingerprint density at radius 1 is 0.848 bits per heavy atom. The van der Waals surface area contributed by atoms with E-state index in [9.17, 15) is 9.59 Å². The van der Waals surface area contributed by atoms with Crippen molar-refractivity contribution in [3.8, 4) is 11.1 Å². The van der Waals surface area contributed by atoms with E-state index in [1.54, 1.807) is 41.3 Å². The SMILES string of the molecule is Cc1ccc(C(=O)Nc2ccc(C(=O)N3Cc4ccccc4-c4ccccc43)cc2)c(Cl)c1. The number of aryl methyl sites for hydroxylation is 1. The highest BCUT2D eigenvalue weighted by Crippen LogP contribution is 2.39. The molecule has 162 valence electrons. The number of nitrogens with one attached hydrogen (secondary N) is 1. The second-order valence-electron chi connectivity index (χ2n) is 8.08. The van der Waals surface area contributed by atoms with Gasteiger partial charge >= 0.3 is 0 Å². The number of halogens is 1. The molecule has 1 aliphatic heterocycles. The van der Waals surface area contributed by atoms with Crippen LogP contribution in [0.25, 0.3) is 11.1 Å². The molecule has 1 N–H and O–H groups in total. The summed E-state index contributed by atoms with van der Waals surface area (Å²) in [4.78, 5) is 27.8. The van der Waals surface area contributed by atoms with E-state index in [2.05, 4.69) is 17.4 Å². The van der Waals surface area contributed by atoms with E-state index in [0.29, 0.717) is 28.4 Å². The second-order valence-corrected chi connectivity index (χ2v) is 8.49. The molecule has 0 radical (unpaired) electrons. The molecular weight excluding hydrogens is 432 g/mol. The van der Waals surface area contributed by atoms with Crippen LogP contribution < -0.4 is 10.2 Å². The first kappa shape index (κ1) is 21.0. The van der Waals surface area contributed by atoms with Crippen LogP contribution in [0.15, 0.2) is 91.0 Å². The highest BCUT2D eigenvalue weighted by Gasteiger charge is 2.26. The van der Waals surface area contributed by atoms with E-state index in [0.717, 1.165) is 27.9 Å². The van der Waals surface area contributed by atoms with Crippen molar-refractivity contribution in [2.75, 3.05) is 10.2 Å². The molecule has 0 aromatic heterocycles. The fourth-order valence-corrected chi connectivity index (χ4v) is 4.47. The van der Waals surface area contributed by atoms with Gasteiger partial charge in [0.25, 0.3) is 11.8 Å². The fraction of sp³-hybridized carbons (Fsp3) is 0.0714. The van der Waals surface area contributed by atoms with Crippen LogP contribution in [0.3, 0.4) is 0 Å². The molecule has 0 atom stereocenters. The van der Waals surface area contributed by atoms with Crippen LogP contribution in [0.5, 0.6) is 0 Å². The molecule has 5 rings (SSSR count). The smallest absolute Gasteiger partial charge is 0.258 e. The molecule has 4 aromatic carbocycles. The Kier molecular flexibility index (Phi) is 5.45. The highest BCUT2D eigenvalue weighted by atomic mass is 35.5. The van der Waals surface area contributed by atoms with E-state index in [1.165, 1.54) is 0 Å². The molecule has 0 spiro atoms. The van der Waals surface area contributed by atoms with E-state index in [4.69, 9.17) is 11.6 Å². The molecule has 0 fully saturated rings. The third kappa shape index (κ3) is 4.01. The molecule has 1 aliphatic rings. The largest absolute Gasteiger partial charge is 0.322 e. The van der Waals surface area contributed by atoms with E-state index in [1.807, 2.05) is 49.4 Å². The quantitative estimate of drug-likeness (QED) is 0.374. The van der Waals surface area contributed by atoms with Gasteiger partial charge in [0.1, 0.15) is 0 Å². The lowest BCUT2D eigenvalue weighted by Crippen LogP contribution is -2.33. The summed E-state index contributed by atoms with van der Waals surface area (Å²) in [5.74, 6) is -0.378. The van der Waals surface area contributed by atoms with Gasteiger partial charge in [-0.2, -0.15) is 0 Å². The standard InChI is InChI=1S/C28H21ClN2O2/c1-18-10-15-24(25(29)16-18)27(32)30-21-13-11-19(12-14-21)28(33)31-17-20-6-2-3-7-22(20)23-8-4-5-9-26(23)31/h2-16H,17H2,1H3,(H,30,32). The predicted molar refractivity (Wildman–Crippen MR) is 133 cm³/mol. The van der Waals surface area contributed by atoms with E-state index >= 15 is 0 Å². The molecule has 4 aromatic rings. The molecule has 33 heavy (non-hydrogen) atoms. The number of anilines is 2. The normalized spacial score (nSPS) is 12.0. The summed E-state index contributed by atoms with van der Waals surface area (Å²) < 4.78 is 0. The summed E-state index contributed by atoms with van der Waals surface area (Å²) >= 11 is 6.21. The minimum atomic E-state index is -0.291. The molecule has 0 aliphatic carbocycles.